The van der Waals surface area contributed by atoms with Crippen LogP contribution in [-0.4, -0.2) is 53.9 Å². The van der Waals surface area contributed by atoms with Crippen molar-refractivity contribution >= 4 is 57.9 Å². The van der Waals surface area contributed by atoms with Crippen molar-refractivity contribution in [2.75, 3.05) is 17.2 Å². The largest absolute Gasteiger partial charge is 0.435 e. The van der Waals surface area contributed by atoms with Gasteiger partial charge in [-0.1, -0.05) is 42.5 Å². The van der Waals surface area contributed by atoms with Crippen LogP contribution < -0.4 is 10.0 Å². The Morgan fingerprint density at radius 2 is 1.66 bits per heavy atom. The average Bonchev–Trinajstić information content (AvgIpc) is 3.37. The van der Waals surface area contributed by atoms with Crippen molar-refractivity contribution in [3.63, 3.8) is 0 Å². The summed E-state index contributed by atoms with van der Waals surface area (Å²) in [6, 6.07) is 6.75. The number of thioether (sulfide) groups is 1. The zero-order chi connectivity index (χ0) is 44.6. The number of nitrogens with zero attached hydrogens (tertiary/aromatic N) is 5. The molecule has 8 nitrogen and oxygen atoms in total. The van der Waals surface area contributed by atoms with Gasteiger partial charge in [-0.2, -0.15) is 45.3 Å². The highest BCUT2D eigenvalue weighted by molar-refractivity contribution is 8.00. The van der Waals surface area contributed by atoms with E-state index in [1.807, 2.05) is 20.1 Å². The highest BCUT2D eigenvalue weighted by atomic mass is 35.5. The number of hydrogen-bond acceptors (Lipinski definition) is 7. The summed E-state index contributed by atoms with van der Waals surface area (Å²) in [6.45, 7) is 2.37. The summed E-state index contributed by atoms with van der Waals surface area (Å²) in [6.07, 6.45) is -6.93. The van der Waals surface area contributed by atoms with Gasteiger partial charge in [-0.25, -0.2) is 13.8 Å². The maximum Gasteiger partial charge on any atom is 0.435 e. The van der Waals surface area contributed by atoms with E-state index in [0.29, 0.717) is 15.4 Å². The topological polar surface area (TPSA) is 89.7 Å². The van der Waals surface area contributed by atoms with E-state index in [1.165, 1.54) is 43.0 Å². The fourth-order valence-electron chi connectivity index (χ4n) is 7.90. The summed E-state index contributed by atoms with van der Waals surface area (Å²) in [5, 5.41) is 10.3. The molecule has 7 rings (SSSR count). The monoisotopic (exact) mass is 917 g/mol. The highest BCUT2D eigenvalue weighted by Crippen LogP contribution is 2.71. The Morgan fingerprint density at radius 1 is 0.984 bits per heavy atom. The molecule has 5 aromatic rings. The Balaban J connectivity index is 1.42. The number of benzene rings is 2. The van der Waals surface area contributed by atoms with Gasteiger partial charge in [-0.05, 0) is 74.3 Å². The van der Waals surface area contributed by atoms with E-state index in [2.05, 4.69) is 32.1 Å². The molecule has 2 aliphatic carbocycles. The van der Waals surface area contributed by atoms with E-state index in [-0.39, 0.29) is 49.8 Å². The molecule has 2 aromatic carbocycles. The normalized spacial score (nSPS) is 18.7. The Morgan fingerprint density at radius 3 is 2.28 bits per heavy atom. The van der Waals surface area contributed by atoms with E-state index >= 15 is 8.78 Å². The number of carbonyl (C=O) groups is 1. The van der Waals surface area contributed by atoms with Crippen LogP contribution in [0.5, 0.6) is 0 Å². The molecule has 4 unspecified atom stereocenters. The molecule has 3 heterocycles. The van der Waals surface area contributed by atoms with Gasteiger partial charge >= 0.3 is 12.4 Å². The lowest BCUT2D eigenvalue weighted by Crippen LogP contribution is -2.35. The Hall–Kier alpha value is -4.61. The number of anilines is 1. The van der Waals surface area contributed by atoms with Crippen LogP contribution >= 0.6 is 35.3 Å². The van der Waals surface area contributed by atoms with Crippen LogP contribution in [0.4, 0.5) is 49.7 Å². The van der Waals surface area contributed by atoms with E-state index < -0.39 is 101 Å². The molecule has 1 saturated carbocycles. The average molecular weight is 918 g/mol. The van der Waals surface area contributed by atoms with E-state index in [1.54, 1.807) is 6.26 Å². The molecule has 1 amide bonds. The maximum absolute atomic E-state index is 15.7. The second kappa shape index (κ2) is 15.9. The number of halogens is 11. The number of nitrogens with one attached hydrogen (secondary N) is 2. The quantitative estimate of drug-likeness (QED) is 0.0775. The summed E-state index contributed by atoms with van der Waals surface area (Å²) >= 11 is 9.03. The fourth-order valence-corrected chi connectivity index (χ4v) is 8.63. The zero-order valence-corrected chi connectivity index (χ0v) is 35.0. The minimum absolute atomic E-state index is 0.0104. The van der Waals surface area contributed by atoms with E-state index in [4.69, 9.17) is 16.6 Å². The van der Waals surface area contributed by atoms with Gasteiger partial charge in [0.15, 0.2) is 11.5 Å². The number of alkyl halides is 8. The molecule has 0 spiro atoms. The summed E-state index contributed by atoms with van der Waals surface area (Å²) in [5.74, 6) is -4.19. The van der Waals surface area contributed by atoms with Crippen LogP contribution in [0.3, 0.4) is 0 Å². The first-order chi connectivity index (χ1) is 28.4. The van der Waals surface area contributed by atoms with E-state index in [9.17, 15) is 39.9 Å². The number of pyridine rings is 1. The fraction of sp³-hybridized carbons (Fsp3) is 0.400. The van der Waals surface area contributed by atoms with Crippen LogP contribution in [0.2, 0.25) is 5.02 Å². The molecule has 0 saturated heterocycles. The van der Waals surface area contributed by atoms with Crippen LogP contribution in [0, 0.1) is 35.3 Å². The van der Waals surface area contributed by atoms with Gasteiger partial charge in [0, 0.05) is 40.8 Å². The van der Waals surface area contributed by atoms with Crippen LogP contribution in [0.25, 0.3) is 22.0 Å². The van der Waals surface area contributed by atoms with Gasteiger partial charge in [0.2, 0.25) is 5.91 Å². The Kier molecular flexibility index (Phi) is 11.6. The van der Waals surface area contributed by atoms with Crippen LogP contribution in [-0.2, 0) is 36.4 Å². The lowest BCUT2D eigenvalue weighted by atomic mass is 9.93. The SMILES string of the molecule is CSNc1nn(CC(F)(F)F)c2c(-c3ccc(C#CC(C)(C)SC)nc3C(Cc3cc(F)cc(F)c3)NC(=O)Cn3nc(C(F)(F)F)c4c3C(F)(F)C3C(C)C43)ccc(Cl)c12. The molecule has 0 bridgehead atoms. The lowest BCUT2D eigenvalue weighted by Gasteiger charge is -2.23. The molecule has 21 heteroatoms. The third-order valence-corrected chi connectivity index (χ3v) is 12.4. The third kappa shape index (κ3) is 8.74. The number of amides is 1. The first-order valence-electron chi connectivity index (χ1n) is 18.4. The van der Waals surface area contributed by atoms with Gasteiger partial charge in [-0.15, -0.1) is 11.8 Å². The summed E-state index contributed by atoms with van der Waals surface area (Å²) in [4.78, 5) is 18.8. The minimum Gasteiger partial charge on any atom is -0.346 e. The molecule has 0 radical (unpaired) electrons. The van der Waals surface area contributed by atoms with Gasteiger partial charge in [0.05, 0.1) is 32.4 Å². The maximum atomic E-state index is 15.7. The number of carbonyl (C=O) groups excluding carboxylic acids is 1. The second-order valence-electron chi connectivity index (χ2n) is 15.2. The van der Waals surface area contributed by atoms with Crippen molar-refractivity contribution in [3.8, 4) is 23.0 Å². The molecule has 3 aromatic heterocycles. The van der Waals surface area contributed by atoms with Crippen molar-refractivity contribution in [2.24, 2.45) is 11.8 Å². The predicted octanol–water partition coefficient (Wildman–Crippen LogP) is 10.5. The van der Waals surface area contributed by atoms with Crippen molar-refractivity contribution in [1.82, 2.24) is 29.9 Å². The number of hydrogen-bond donors (Lipinski definition) is 2. The molecule has 2 aliphatic rings. The second-order valence-corrected chi connectivity index (χ2v) is 17.7. The number of aromatic nitrogens is 5. The number of fused-ring (bicyclic) bond motifs is 4. The molecule has 4 atom stereocenters. The Labute approximate surface area is 355 Å². The smallest absolute Gasteiger partial charge is 0.346 e. The van der Waals surface area contributed by atoms with Gasteiger partial charge in [-0.3, -0.25) is 14.2 Å². The van der Waals surface area contributed by atoms with Crippen molar-refractivity contribution < 1.29 is 48.7 Å². The van der Waals surface area contributed by atoms with Crippen molar-refractivity contribution in [1.29, 1.82) is 0 Å². The first kappa shape index (κ1) is 44.4. The summed E-state index contributed by atoms with van der Waals surface area (Å²) in [5.41, 5.74) is -3.29. The molecular weight excluding hydrogens is 884 g/mol. The predicted molar refractivity (Wildman–Crippen MR) is 213 cm³/mol. The molecule has 2 N–H and O–H groups in total. The molecular formula is C40H34ClF10N7OS2. The molecule has 61 heavy (non-hydrogen) atoms. The summed E-state index contributed by atoms with van der Waals surface area (Å²) < 4.78 is 149. The van der Waals surface area contributed by atoms with Crippen molar-refractivity contribution in [3.05, 3.63) is 93.0 Å². The first-order valence-corrected chi connectivity index (χ1v) is 21.2. The van der Waals surface area contributed by atoms with Gasteiger partial charge < -0.3 is 10.0 Å². The molecule has 0 aliphatic heterocycles. The standard InChI is InChI=1S/C40H34ClF10N7OS2/c1-18-28-30-34(40(49,50)51)54-57(35(30)39(47,48)31(18)28)16-27(59)53-26(14-19-12-20(42)15-21(43)13-19)32-23(7-6-22(52-32)10-11-37(2,3)60-4)24-8-9-25(41)29-33(24)58(17-38(44,45)46)55-36(29)56-61-5/h6-9,12-13,15,18,26,28,31H,14,16-17H2,1-5H3,(H,53,59)(H,55,56). The van der Waals surface area contributed by atoms with Crippen molar-refractivity contribution in [2.45, 2.75) is 75.3 Å². The number of rotatable bonds is 11. The van der Waals surface area contributed by atoms with Gasteiger partial charge in [0.1, 0.15) is 36.1 Å². The molecule has 324 valence electrons. The molecule has 1 fully saturated rings. The third-order valence-electron chi connectivity index (χ3n) is 10.6. The summed E-state index contributed by atoms with van der Waals surface area (Å²) in [7, 11) is 0. The lowest BCUT2D eigenvalue weighted by molar-refractivity contribution is -0.143. The highest BCUT2D eigenvalue weighted by Gasteiger charge is 2.72. The zero-order valence-electron chi connectivity index (χ0n) is 32.6. The Bertz CT molecular complexity index is 2590. The van der Waals surface area contributed by atoms with Gasteiger partial charge in [0.25, 0.3) is 5.92 Å². The van der Waals surface area contributed by atoms with Crippen LogP contribution in [0.15, 0.2) is 42.5 Å². The van der Waals surface area contributed by atoms with Crippen LogP contribution in [0.1, 0.15) is 66.6 Å². The van der Waals surface area contributed by atoms with E-state index in [0.717, 1.165) is 24.1 Å². The minimum atomic E-state index is -5.12.